The molecule has 0 unspecified atom stereocenters. The van der Waals surface area contributed by atoms with E-state index >= 15 is 0 Å². The van der Waals surface area contributed by atoms with Crippen molar-refractivity contribution in [2.75, 3.05) is 28.4 Å². The van der Waals surface area contributed by atoms with Crippen molar-refractivity contribution in [2.24, 2.45) is 0 Å². The second-order valence-electron chi connectivity index (χ2n) is 10.4. The molecule has 0 N–H and O–H groups in total. The molecule has 0 atom stereocenters. The molecule has 0 radical (unpaired) electrons. The molecule has 0 fully saturated rings. The lowest BCUT2D eigenvalue weighted by Gasteiger charge is -2.17. The van der Waals surface area contributed by atoms with Crippen molar-refractivity contribution in [1.29, 1.82) is 0 Å². The van der Waals surface area contributed by atoms with Crippen LogP contribution in [0.15, 0.2) is 30.3 Å². The van der Waals surface area contributed by atoms with Gasteiger partial charge < -0.3 is 18.9 Å². The highest BCUT2D eigenvalue weighted by atomic mass is 35.5. The first-order valence-corrected chi connectivity index (χ1v) is 15.7. The number of carbonyl (C=O) groups excluding carboxylic acids is 2. The Kier molecular flexibility index (Phi) is 16.5. The van der Waals surface area contributed by atoms with Crippen molar-refractivity contribution in [3.8, 4) is 11.5 Å². The number of allylic oxidation sites excluding steroid dienone is 1. The van der Waals surface area contributed by atoms with Gasteiger partial charge >= 0.3 is 11.9 Å². The maximum absolute atomic E-state index is 12.6. The van der Waals surface area contributed by atoms with Gasteiger partial charge in [-0.3, -0.25) is 0 Å². The molecule has 2 rings (SSSR count). The number of hydrogen-bond donors (Lipinski definition) is 0. The summed E-state index contributed by atoms with van der Waals surface area (Å²) in [4.78, 5) is 25.2. The normalized spacial score (nSPS) is 10.7. The zero-order valence-corrected chi connectivity index (χ0v) is 27.3. The maximum atomic E-state index is 12.6. The van der Waals surface area contributed by atoms with Gasteiger partial charge in [0.1, 0.15) is 11.1 Å². The standard InChI is InChI=1S/C34H46Cl2O6/c1-6-7-8-9-10-11-12-13-14-15-16-17-18-19-26(24-20-27(33(37)41-4)31(39-2)29(35)22-24)25-21-28(34(38)42-5)32(40-3)30(36)23-25/h19-23H,6-18H2,1-5H3. The Bertz CT molecular complexity index is 1120. The lowest BCUT2D eigenvalue weighted by molar-refractivity contribution is 0.0588. The third kappa shape index (κ3) is 10.5. The van der Waals surface area contributed by atoms with E-state index in [4.69, 9.17) is 42.1 Å². The molecule has 6 nitrogen and oxygen atoms in total. The molecule has 0 aliphatic rings. The molecule has 0 aromatic heterocycles. The molecule has 0 saturated heterocycles. The second kappa shape index (κ2) is 19.5. The molecule has 0 aliphatic heterocycles. The zero-order valence-electron chi connectivity index (χ0n) is 25.8. The van der Waals surface area contributed by atoms with E-state index in [2.05, 4.69) is 13.0 Å². The van der Waals surface area contributed by atoms with Crippen molar-refractivity contribution in [1.82, 2.24) is 0 Å². The summed E-state index contributed by atoms with van der Waals surface area (Å²) in [5.41, 5.74) is 2.50. The van der Waals surface area contributed by atoms with Crippen LogP contribution >= 0.6 is 23.2 Å². The Balaban J connectivity index is 2.26. The van der Waals surface area contributed by atoms with E-state index in [0.29, 0.717) is 11.1 Å². The fourth-order valence-electron chi connectivity index (χ4n) is 5.07. The summed E-state index contributed by atoms with van der Waals surface area (Å²) in [6, 6.07) is 6.83. The van der Waals surface area contributed by atoms with Crippen LogP contribution in [0.3, 0.4) is 0 Å². The van der Waals surface area contributed by atoms with Crippen molar-refractivity contribution < 1.29 is 28.5 Å². The smallest absolute Gasteiger partial charge is 0.341 e. The zero-order chi connectivity index (χ0) is 30.9. The van der Waals surface area contributed by atoms with Crippen molar-refractivity contribution >= 4 is 40.7 Å². The Labute approximate surface area is 261 Å². The molecule has 2 aromatic carbocycles. The number of ether oxygens (including phenoxy) is 4. The lowest BCUT2D eigenvalue weighted by Crippen LogP contribution is -2.07. The highest BCUT2D eigenvalue weighted by Crippen LogP contribution is 2.39. The average Bonchev–Trinajstić information content (AvgIpc) is 2.99. The summed E-state index contributed by atoms with van der Waals surface area (Å²) < 4.78 is 20.7. The molecule has 8 heteroatoms. The predicted molar refractivity (Wildman–Crippen MR) is 171 cm³/mol. The minimum atomic E-state index is -0.570. The SMILES string of the molecule is CCCCCCCCCCCCCCC=C(c1cc(Cl)c(OC)c(C(=O)OC)c1)c1cc(Cl)c(OC)c(C(=O)OC)c1. The Morgan fingerprint density at radius 3 is 1.36 bits per heavy atom. The van der Waals surface area contributed by atoms with Gasteiger partial charge in [0, 0.05) is 0 Å². The van der Waals surface area contributed by atoms with Gasteiger partial charge in [-0.2, -0.15) is 0 Å². The maximum Gasteiger partial charge on any atom is 0.341 e. The molecule has 0 spiro atoms. The number of hydrogen-bond acceptors (Lipinski definition) is 6. The largest absolute Gasteiger partial charge is 0.494 e. The fraction of sp³-hybridized carbons (Fsp3) is 0.529. The van der Waals surface area contributed by atoms with Crippen LogP contribution in [0.5, 0.6) is 11.5 Å². The van der Waals surface area contributed by atoms with Gasteiger partial charge in [-0.15, -0.1) is 0 Å². The highest BCUT2D eigenvalue weighted by molar-refractivity contribution is 6.33. The second-order valence-corrected chi connectivity index (χ2v) is 11.2. The van der Waals surface area contributed by atoms with E-state index < -0.39 is 11.9 Å². The van der Waals surface area contributed by atoms with Gasteiger partial charge in [-0.05, 0) is 53.8 Å². The number of methoxy groups -OCH3 is 4. The minimum absolute atomic E-state index is 0.201. The first kappa shape index (κ1) is 35.5. The van der Waals surface area contributed by atoms with Crippen LogP contribution in [0, 0.1) is 0 Å². The molecular weight excluding hydrogens is 575 g/mol. The molecule has 0 amide bonds. The number of rotatable bonds is 19. The average molecular weight is 622 g/mol. The van der Waals surface area contributed by atoms with E-state index in [1.165, 1.54) is 92.6 Å². The van der Waals surface area contributed by atoms with Crippen LogP contribution in [0.2, 0.25) is 10.0 Å². The number of esters is 2. The van der Waals surface area contributed by atoms with Crippen LogP contribution in [0.4, 0.5) is 0 Å². The number of carbonyl (C=O) groups is 2. The minimum Gasteiger partial charge on any atom is -0.494 e. The van der Waals surface area contributed by atoms with E-state index in [-0.39, 0.29) is 32.7 Å². The Hall–Kier alpha value is -2.70. The third-order valence-electron chi connectivity index (χ3n) is 7.33. The van der Waals surface area contributed by atoms with Gasteiger partial charge in [0.05, 0.1) is 38.5 Å². The Morgan fingerprint density at radius 1 is 0.619 bits per heavy atom. The van der Waals surface area contributed by atoms with Crippen LogP contribution < -0.4 is 9.47 Å². The molecular formula is C34H46Cl2O6. The molecule has 2 aromatic rings. The van der Waals surface area contributed by atoms with Gasteiger partial charge in [-0.25, -0.2) is 9.59 Å². The Morgan fingerprint density at radius 2 is 1.00 bits per heavy atom. The van der Waals surface area contributed by atoms with Gasteiger partial charge in [0.25, 0.3) is 0 Å². The summed E-state index contributed by atoms with van der Waals surface area (Å²) in [5.74, 6) is -0.677. The van der Waals surface area contributed by atoms with Crippen LogP contribution in [0.25, 0.3) is 5.57 Å². The number of unbranched alkanes of at least 4 members (excludes halogenated alkanes) is 12. The monoisotopic (exact) mass is 620 g/mol. The summed E-state index contributed by atoms with van der Waals surface area (Å²) in [6.07, 6.45) is 18.1. The lowest BCUT2D eigenvalue weighted by atomic mass is 9.93. The molecule has 0 heterocycles. The molecule has 0 saturated carbocycles. The van der Waals surface area contributed by atoms with E-state index in [1.54, 1.807) is 24.3 Å². The summed E-state index contributed by atoms with van der Waals surface area (Å²) in [7, 11) is 5.50. The predicted octanol–water partition coefficient (Wildman–Crippen LogP) is 10.1. The quantitative estimate of drug-likeness (QED) is 0.115. The molecule has 0 bridgehead atoms. The summed E-state index contributed by atoms with van der Waals surface area (Å²) in [5, 5.41) is 0.527. The first-order valence-electron chi connectivity index (χ1n) is 14.9. The van der Waals surface area contributed by atoms with Gasteiger partial charge in [0.15, 0.2) is 11.5 Å². The van der Waals surface area contributed by atoms with E-state index in [0.717, 1.165) is 24.8 Å². The third-order valence-corrected chi connectivity index (χ3v) is 7.90. The van der Waals surface area contributed by atoms with E-state index in [9.17, 15) is 9.59 Å². The highest BCUT2D eigenvalue weighted by Gasteiger charge is 2.22. The van der Waals surface area contributed by atoms with Gasteiger partial charge in [-0.1, -0.05) is 107 Å². The van der Waals surface area contributed by atoms with Gasteiger partial charge in [0.2, 0.25) is 0 Å². The topological polar surface area (TPSA) is 71.1 Å². The molecule has 42 heavy (non-hydrogen) atoms. The number of benzene rings is 2. The van der Waals surface area contributed by atoms with Crippen LogP contribution in [-0.4, -0.2) is 40.4 Å². The van der Waals surface area contributed by atoms with Crippen LogP contribution in [-0.2, 0) is 9.47 Å². The first-order chi connectivity index (χ1) is 20.3. The van der Waals surface area contributed by atoms with Crippen LogP contribution in [0.1, 0.15) is 122 Å². The summed E-state index contributed by atoms with van der Waals surface area (Å²) >= 11 is 13.1. The molecule has 232 valence electrons. The fourth-order valence-corrected chi connectivity index (χ4v) is 5.66. The number of halogens is 2. The van der Waals surface area contributed by atoms with E-state index in [1.807, 2.05) is 0 Å². The van der Waals surface area contributed by atoms with Crippen molar-refractivity contribution in [3.05, 3.63) is 62.6 Å². The van der Waals surface area contributed by atoms with Crippen molar-refractivity contribution in [3.63, 3.8) is 0 Å². The van der Waals surface area contributed by atoms with Crippen molar-refractivity contribution in [2.45, 2.75) is 90.4 Å². The molecule has 0 aliphatic carbocycles. The summed E-state index contributed by atoms with van der Waals surface area (Å²) in [6.45, 7) is 2.25.